The quantitative estimate of drug-likeness (QED) is 0.212. The molecule has 0 aliphatic rings. The second-order valence-corrected chi connectivity index (χ2v) is 4.51. The molecular weight excluding hydrogens is 322 g/mol. The summed E-state index contributed by atoms with van der Waals surface area (Å²) in [5.41, 5.74) is 5.25. The lowest BCUT2D eigenvalue weighted by molar-refractivity contribution is -0.138. The molecule has 0 saturated heterocycles. The average Bonchev–Trinajstić information content (AvgIpc) is 2.46. The Morgan fingerprint density at radius 3 is 2.38 bits per heavy atom. The molecule has 0 spiro atoms. The van der Waals surface area contributed by atoms with E-state index in [1.165, 1.54) is 0 Å². The van der Waals surface area contributed by atoms with Crippen LogP contribution < -0.4 is 16.4 Å². The maximum atomic E-state index is 11.7. The molecular formula is C10H17N3O6S2. The molecule has 2 unspecified atom stereocenters. The van der Waals surface area contributed by atoms with Crippen molar-refractivity contribution in [3.05, 3.63) is 0 Å². The molecule has 0 aliphatic carbocycles. The van der Waals surface area contributed by atoms with Crippen LogP contribution in [-0.4, -0.2) is 53.2 Å². The summed E-state index contributed by atoms with van der Waals surface area (Å²) in [5, 5.41) is 13.2. The normalized spacial score (nSPS) is 12.9. The number of hydrogen-bond acceptors (Lipinski definition) is 8. The van der Waals surface area contributed by atoms with Crippen molar-refractivity contribution in [2.24, 2.45) is 5.73 Å². The molecule has 0 aromatic rings. The number of aliphatic carboxylic acids is 1. The maximum Gasteiger partial charge on any atom is 0.337 e. The third-order valence-electron chi connectivity index (χ3n) is 2.34. The van der Waals surface area contributed by atoms with Crippen molar-refractivity contribution in [2.75, 3.05) is 12.3 Å². The molecule has 5 N–H and O–H groups in total. The van der Waals surface area contributed by atoms with E-state index in [0.717, 1.165) is 0 Å². The van der Waals surface area contributed by atoms with Gasteiger partial charge >= 0.3 is 11.9 Å². The number of hydrogen-bond donors (Lipinski definition) is 6. The smallest absolute Gasteiger partial charge is 0.337 e. The molecule has 0 saturated carbocycles. The number of carboxylic acid groups (broad SMARTS) is 1. The fraction of sp³-hybridized carbons (Fsp3) is 0.600. The van der Waals surface area contributed by atoms with Gasteiger partial charge in [-0.15, -0.1) is 0 Å². The van der Waals surface area contributed by atoms with Gasteiger partial charge in [0.1, 0.15) is 18.6 Å². The number of carbonyl (C=O) groups excluding carboxylic acids is 3. The minimum absolute atomic E-state index is 0.00151. The highest BCUT2D eigenvalue weighted by Gasteiger charge is 2.21. The first kappa shape index (κ1) is 19.5. The molecule has 0 fully saturated rings. The third kappa shape index (κ3) is 8.42. The summed E-state index contributed by atoms with van der Waals surface area (Å²) in [4.78, 5) is 44.5. The van der Waals surface area contributed by atoms with Crippen LogP contribution in [0.1, 0.15) is 12.8 Å². The highest BCUT2D eigenvalue weighted by atomic mass is 32.1. The van der Waals surface area contributed by atoms with Gasteiger partial charge < -0.3 is 25.7 Å². The standard InChI is InChI=1S/C10H17N3O6S2/c11-5(10(17)18)1-2-7(14)13-6(4-20)9(16)12-3-8(15)19-21/h5-6,20-21H,1-4,11H2,(H,12,16)(H,13,14)(H,17,18). The monoisotopic (exact) mass is 339 g/mol. The van der Waals surface area contributed by atoms with Crippen molar-refractivity contribution >= 4 is 49.3 Å². The van der Waals surface area contributed by atoms with Crippen molar-refractivity contribution in [1.82, 2.24) is 10.6 Å². The molecule has 0 heterocycles. The Morgan fingerprint density at radius 2 is 1.90 bits per heavy atom. The van der Waals surface area contributed by atoms with Crippen LogP contribution in [0.25, 0.3) is 0 Å². The van der Waals surface area contributed by atoms with Crippen LogP contribution in [-0.2, 0) is 23.4 Å². The van der Waals surface area contributed by atoms with Gasteiger partial charge in [-0.2, -0.15) is 12.6 Å². The number of nitrogens with one attached hydrogen (secondary N) is 2. The Labute approximate surface area is 132 Å². The summed E-state index contributed by atoms with van der Waals surface area (Å²) in [5.74, 6) is -3.14. The number of carboxylic acids is 1. The van der Waals surface area contributed by atoms with Gasteiger partial charge in [0, 0.05) is 25.1 Å². The van der Waals surface area contributed by atoms with E-state index in [0.29, 0.717) is 0 Å². The largest absolute Gasteiger partial charge is 0.480 e. The van der Waals surface area contributed by atoms with Crippen molar-refractivity contribution in [1.29, 1.82) is 0 Å². The average molecular weight is 339 g/mol. The predicted octanol–water partition coefficient (Wildman–Crippen LogP) is -1.90. The molecule has 11 heteroatoms. The SMILES string of the molecule is NC(CCC(=O)NC(CS)C(=O)NCC(=O)OS)C(=O)O. The zero-order chi connectivity index (χ0) is 16.4. The van der Waals surface area contributed by atoms with E-state index < -0.39 is 42.4 Å². The van der Waals surface area contributed by atoms with Crippen molar-refractivity contribution in [3.63, 3.8) is 0 Å². The minimum Gasteiger partial charge on any atom is -0.480 e. The van der Waals surface area contributed by atoms with Gasteiger partial charge in [-0.25, -0.2) is 4.79 Å². The van der Waals surface area contributed by atoms with E-state index >= 15 is 0 Å². The Hall–Kier alpha value is -1.46. The highest BCUT2D eigenvalue weighted by Crippen LogP contribution is 1.97. The Kier molecular flexibility index (Phi) is 9.58. The summed E-state index contributed by atoms with van der Waals surface area (Å²) >= 11 is 7.18. The summed E-state index contributed by atoms with van der Waals surface area (Å²) in [6.07, 6.45) is -0.211. The molecule has 120 valence electrons. The minimum atomic E-state index is -1.21. The van der Waals surface area contributed by atoms with Gasteiger partial charge in [-0.1, -0.05) is 0 Å². The number of thiol groups is 2. The van der Waals surface area contributed by atoms with Crippen LogP contribution >= 0.6 is 25.5 Å². The second kappa shape index (κ2) is 10.3. The Morgan fingerprint density at radius 1 is 1.29 bits per heavy atom. The zero-order valence-electron chi connectivity index (χ0n) is 10.9. The second-order valence-electron chi connectivity index (χ2n) is 3.97. The maximum absolute atomic E-state index is 11.7. The molecule has 0 bridgehead atoms. The molecule has 0 aromatic heterocycles. The summed E-state index contributed by atoms with van der Waals surface area (Å²) in [6, 6.07) is -2.11. The molecule has 2 amide bonds. The fourth-order valence-electron chi connectivity index (χ4n) is 1.19. The summed E-state index contributed by atoms with van der Waals surface area (Å²) in [7, 11) is 0. The summed E-state index contributed by atoms with van der Waals surface area (Å²) in [6.45, 7) is -0.396. The highest BCUT2D eigenvalue weighted by molar-refractivity contribution is 7.80. The number of carbonyl (C=O) groups is 4. The molecule has 2 atom stereocenters. The Balaban J connectivity index is 4.23. The lowest BCUT2D eigenvalue weighted by atomic mass is 10.1. The van der Waals surface area contributed by atoms with E-state index in [-0.39, 0.29) is 18.6 Å². The summed E-state index contributed by atoms with van der Waals surface area (Å²) < 4.78 is 4.05. The van der Waals surface area contributed by atoms with E-state index in [1.54, 1.807) is 0 Å². The van der Waals surface area contributed by atoms with Gasteiger partial charge in [-0.3, -0.25) is 14.4 Å². The van der Waals surface area contributed by atoms with E-state index in [9.17, 15) is 19.2 Å². The van der Waals surface area contributed by atoms with Gasteiger partial charge in [0.25, 0.3) is 0 Å². The van der Waals surface area contributed by atoms with E-state index in [2.05, 4.69) is 40.4 Å². The van der Waals surface area contributed by atoms with Gasteiger partial charge in [-0.05, 0) is 6.42 Å². The van der Waals surface area contributed by atoms with E-state index in [1.807, 2.05) is 0 Å². The van der Waals surface area contributed by atoms with Gasteiger partial charge in [0.2, 0.25) is 11.8 Å². The van der Waals surface area contributed by atoms with Crippen LogP contribution in [0.15, 0.2) is 0 Å². The first-order valence-corrected chi connectivity index (χ1v) is 6.82. The Bertz CT molecular complexity index is 406. The first-order valence-electron chi connectivity index (χ1n) is 5.82. The predicted molar refractivity (Wildman–Crippen MR) is 78.7 cm³/mol. The van der Waals surface area contributed by atoms with Crippen molar-refractivity contribution < 1.29 is 28.5 Å². The van der Waals surface area contributed by atoms with Crippen LogP contribution in [0.5, 0.6) is 0 Å². The molecule has 0 radical (unpaired) electrons. The molecule has 9 nitrogen and oxygen atoms in total. The van der Waals surface area contributed by atoms with Gasteiger partial charge in [0.05, 0.1) is 0 Å². The number of amides is 2. The number of rotatable bonds is 9. The lowest BCUT2D eigenvalue weighted by Crippen LogP contribution is -2.49. The molecule has 21 heavy (non-hydrogen) atoms. The fourth-order valence-corrected chi connectivity index (χ4v) is 1.51. The van der Waals surface area contributed by atoms with Crippen LogP contribution in [0.4, 0.5) is 0 Å². The number of nitrogens with two attached hydrogens (primary N) is 1. The topological polar surface area (TPSA) is 148 Å². The van der Waals surface area contributed by atoms with Gasteiger partial charge in [0.15, 0.2) is 0 Å². The zero-order valence-corrected chi connectivity index (χ0v) is 12.7. The lowest BCUT2D eigenvalue weighted by Gasteiger charge is -2.16. The van der Waals surface area contributed by atoms with Crippen LogP contribution in [0.3, 0.4) is 0 Å². The van der Waals surface area contributed by atoms with Crippen LogP contribution in [0.2, 0.25) is 0 Å². The molecule has 0 rings (SSSR count). The third-order valence-corrected chi connectivity index (χ3v) is 2.91. The van der Waals surface area contributed by atoms with E-state index in [4.69, 9.17) is 10.8 Å². The van der Waals surface area contributed by atoms with Crippen molar-refractivity contribution in [3.8, 4) is 0 Å². The van der Waals surface area contributed by atoms with Crippen molar-refractivity contribution in [2.45, 2.75) is 24.9 Å². The molecule has 0 aromatic carbocycles. The van der Waals surface area contributed by atoms with Crippen LogP contribution in [0, 0.1) is 0 Å². The first-order chi connectivity index (χ1) is 9.81. The molecule has 0 aliphatic heterocycles.